The Morgan fingerprint density at radius 1 is 1.27 bits per heavy atom. The maximum absolute atomic E-state index is 12.2. The molecule has 0 aliphatic carbocycles. The monoisotopic (exact) mass is 364 g/mol. The second-order valence-electron chi connectivity index (χ2n) is 4.52. The van der Waals surface area contributed by atoms with E-state index in [4.69, 9.17) is 14.2 Å². The van der Waals surface area contributed by atoms with Crippen LogP contribution in [0.2, 0.25) is 0 Å². The normalized spacial score (nSPS) is 12.6. The second kappa shape index (κ2) is 6.23. The van der Waals surface area contributed by atoms with Gasteiger partial charge in [-0.1, -0.05) is 0 Å². The number of hydrogen-bond donors (Lipinski definition) is 1. The summed E-state index contributed by atoms with van der Waals surface area (Å²) in [6, 6.07) is 6.78. The smallest absolute Gasteiger partial charge is 0.257 e. The number of hydrogen-bond acceptors (Lipinski definition) is 5. The molecule has 0 saturated heterocycles. The molecule has 114 valence electrons. The molecule has 22 heavy (non-hydrogen) atoms. The van der Waals surface area contributed by atoms with Crippen LogP contribution in [0, 0.1) is 0 Å². The fourth-order valence-corrected chi connectivity index (χ4v) is 2.41. The summed E-state index contributed by atoms with van der Waals surface area (Å²) >= 11 is 3.41. The summed E-state index contributed by atoms with van der Waals surface area (Å²) in [6.45, 7) is 1.01. The quantitative estimate of drug-likeness (QED) is 0.906. The van der Waals surface area contributed by atoms with Crippen molar-refractivity contribution in [1.29, 1.82) is 0 Å². The predicted molar refractivity (Wildman–Crippen MR) is 83.9 cm³/mol. The fraction of sp³-hybridized carbons (Fsp3) is 0.200. The molecule has 0 spiro atoms. The molecule has 1 aromatic heterocycles. The molecule has 1 aromatic carbocycles. The third kappa shape index (κ3) is 2.99. The first-order valence-corrected chi connectivity index (χ1v) is 7.37. The molecular weight excluding hydrogens is 352 g/mol. The number of carbonyl (C=O) groups is 1. The van der Waals surface area contributed by atoms with Crippen LogP contribution in [-0.4, -0.2) is 31.2 Å². The van der Waals surface area contributed by atoms with Crippen LogP contribution in [0.25, 0.3) is 0 Å². The molecule has 1 aliphatic rings. The van der Waals surface area contributed by atoms with Crippen LogP contribution in [0.5, 0.6) is 17.4 Å². The van der Waals surface area contributed by atoms with Crippen LogP contribution in [0.1, 0.15) is 10.4 Å². The van der Waals surface area contributed by atoms with Gasteiger partial charge >= 0.3 is 0 Å². The Morgan fingerprint density at radius 2 is 2.00 bits per heavy atom. The summed E-state index contributed by atoms with van der Waals surface area (Å²) in [6.07, 6.45) is 1.46. The summed E-state index contributed by atoms with van der Waals surface area (Å²) in [4.78, 5) is 16.3. The third-order valence-corrected chi connectivity index (χ3v) is 3.74. The highest BCUT2D eigenvalue weighted by atomic mass is 79.9. The Labute approximate surface area is 135 Å². The van der Waals surface area contributed by atoms with Gasteiger partial charge in [0.25, 0.3) is 5.91 Å². The average molecular weight is 365 g/mol. The highest BCUT2D eigenvalue weighted by molar-refractivity contribution is 9.10. The zero-order valence-corrected chi connectivity index (χ0v) is 13.3. The summed E-state index contributed by atoms with van der Waals surface area (Å²) in [5, 5.41) is 2.81. The van der Waals surface area contributed by atoms with Gasteiger partial charge in [-0.3, -0.25) is 4.79 Å². The lowest BCUT2D eigenvalue weighted by Gasteiger charge is -2.20. The molecule has 0 atom stereocenters. The van der Waals surface area contributed by atoms with Gasteiger partial charge in [0.05, 0.1) is 18.4 Å². The molecule has 7 heteroatoms. The number of aromatic nitrogens is 1. The average Bonchev–Trinajstić information content (AvgIpc) is 2.55. The SMILES string of the molecule is COc1ccc(C(=O)Nc2cc3c(cc2Br)OCCO3)cn1. The number of carbonyl (C=O) groups excluding carboxylic acids is 1. The van der Waals surface area contributed by atoms with Gasteiger partial charge in [-0.2, -0.15) is 0 Å². The molecule has 1 N–H and O–H groups in total. The van der Waals surface area contributed by atoms with Crippen molar-refractivity contribution in [3.63, 3.8) is 0 Å². The highest BCUT2D eigenvalue weighted by Crippen LogP contribution is 2.38. The Kier molecular flexibility index (Phi) is 4.15. The van der Waals surface area contributed by atoms with E-state index < -0.39 is 0 Å². The van der Waals surface area contributed by atoms with Crippen LogP contribution < -0.4 is 19.5 Å². The summed E-state index contributed by atoms with van der Waals surface area (Å²) in [7, 11) is 1.52. The van der Waals surface area contributed by atoms with Crippen molar-refractivity contribution in [2.75, 3.05) is 25.6 Å². The van der Waals surface area contributed by atoms with E-state index >= 15 is 0 Å². The lowest BCUT2D eigenvalue weighted by molar-refractivity contribution is 0.102. The summed E-state index contributed by atoms with van der Waals surface area (Å²) in [5.74, 6) is 1.45. The third-order valence-electron chi connectivity index (χ3n) is 3.09. The summed E-state index contributed by atoms with van der Waals surface area (Å²) in [5.41, 5.74) is 1.03. The van der Waals surface area contributed by atoms with Crippen LogP contribution in [0.4, 0.5) is 5.69 Å². The number of benzene rings is 1. The van der Waals surface area contributed by atoms with Gasteiger partial charge in [0.15, 0.2) is 11.5 Å². The number of pyridine rings is 1. The van der Waals surface area contributed by atoms with Crippen molar-refractivity contribution in [2.45, 2.75) is 0 Å². The number of ether oxygens (including phenoxy) is 3. The van der Waals surface area contributed by atoms with Crippen molar-refractivity contribution in [1.82, 2.24) is 4.98 Å². The topological polar surface area (TPSA) is 69.7 Å². The minimum atomic E-state index is -0.271. The number of methoxy groups -OCH3 is 1. The van der Waals surface area contributed by atoms with E-state index in [9.17, 15) is 4.79 Å². The summed E-state index contributed by atoms with van der Waals surface area (Å²) < 4.78 is 16.7. The molecule has 1 aliphatic heterocycles. The minimum Gasteiger partial charge on any atom is -0.486 e. The molecule has 6 nitrogen and oxygen atoms in total. The zero-order valence-electron chi connectivity index (χ0n) is 11.8. The van der Waals surface area contributed by atoms with Crippen molar-refractivity contribution in [2.24, 2.45) is 0 Å². The van der Waals surface area contributed by atoms with E-state index in [0.29, 0.717) is 46.3 Å². The number of halogens is 1. The van der Waals surface area contributed by atoms with E-state index in [1.165, 1.54) is 13.3 Å². The predicted octanol–water partition coefficient (Wildman–Crippen LogP) is 2.88. The molecule has 0 unspecified atom stereocenters. The maximum Gasteiger partial charge on any atom is 0.257 e. The Morgan fingerprint density at radius 3 is 2.64 bits per heavy atom. The van der Waals surface area contributed by atoms with Crippen LogP contribution >= 0.6 is 15.9 Å². The van der Waals surface area contributed by atoms with Crippen LogP contribution in [-0.2, 0) is 0 Å². The number of nitrogens with zero attached hydrogens (tertiary/aromatic N) is 1. The number of amides is 1. The van der Waals surface area contributed by atoms with Crippen molar-refractivity contribution in [3.05, 3.63) is 40.5 Å². The maximum atomic E-state index is 12.2. The molecule has 3 rings (SSSR count). The largest absolute Gasteiger partial charge is 0.486 e. The minimum absolute atomic E-state index is 0.271. The van der Waals surface area contributed by atoms with Crippen molar-refractivity contribution >= 4 is 27.5 Å². The van der Waals surface area contributed by atoms with E-state index in [1.54, 1.807) is 24.3 Å². The van der Waals surface area contributed by atoms with Gasteiger partial charge in [0.2, 0.25) is 5.88 Å². The van der Waals surface area contributed by atoms with Gasteiger partial charge in [0, 0.05) is 28.9 Å². The van der Waals surface area contributed by atoms with E-state index in [2.05, 4.69) is 26.2 Å². The van der Waals surface area contributed by atoms with Crippen LogP contribution in [0.3, 0.4) is 0 Å². The fourth-order valence-electron chi connectivity index (χ4n) is 1.99. The first-order chi connectivity index (χ1) is 10.7. The van der Waals surface area contributed by atoms with Gasteiger partial charge in [-0.05, 0) is 22.0 Å². The number of anilines is 1. The van der Waals surface area contributed by atoms with E-state index in [-0.39, 0.29) is 5.91 Å². The number of fused-ring (bicyclic) bond motifs is 1. The standard InChI is InChI=1S/C15H13BrN2O4/c1-20-14-3-2-9(8-17-14)15(19)18-11-7-13-12(6-10(11)16)21-4-5-22-13/h2-3,6-8H,4-5H2,1H3,(H,18,19). The van der Waals surface area contributed by atoms with Crippen molar-refractivity contribution in [3.8, 4) is 17.4 Å². The Balaban J connectivity index is 1.81. The molecule has 0 fully saturated rings. The molecule has 1 amide bonds. The molecule has 0 saturated carbocycles. The number of rotatable bonds is 3. The molecule has 0 radical (unpaired) electrons. The van der Waals surface area contributed by atoms with E-state index in [0.717, 1.165) is 0 Å². The lowest BCUT2D eigenvalue weighted by atomic mass is 10.2. The molecule has 2 aromatic rings. The molecule has 0 bridgehead atoms. The first-order valence-electron chi connectivity index (χ1n) is 6.58. The van der Waals surface area contributed by atoms with Crippen molar-refractivity contribution < 1.29 is 19.0 Å². The number of nitrogens with one attached hydrogen (secondary N) is 1. The van der Waals surface area contributed by atoms with E-state index in [1.807, 2.05) is 0 Å². The van der Waals surface area contributed by atoms with Crippen LogP contribution in [0.15, 0.2) is 34.9 Å². The van der Waals surface area contributed by atoms with Gasteiger partial charge in [0.1, 0.15) is 13.2 Å². The van der Waals surface area contributed by atoms with Gasteiger partial charge < -0.3 is 19.5 Å². The first kappa shape index (κ1) is 14.6. The van der Waals surface area contributed by atoms with Gasteiger partial charge in [-0.25, -0.2) is 4.98 Å². The Hall–Kier alpha value is -2.28. The molecular formula is C15H13BrN2O4. The second-order valence-corrected chi connectivity index (χ2v) is 5.37. The molecule has 2 heterocycles. The lowest BCUT2D eigenvalue weighted by Crippen LogP contribution is -2.17. The highest BCUT2D eigenvalue weighted by Gasteiger charge is 2.16. The Bertz CT molecular complexity index is 703. The zero-order chi connectivity index (χ0) is 15.5. The van der Waals surface area contributed by atoms with Gasteiger partial charge in [-0.15, -0.1) is 0 Å².